The summed E-state index contributed by atoms with van der Waals surface area (Å²) in [6, 6.07) is 0. The summed E-state index contributed by atoms with van der Waals surface area (Å²) in [5, 5.41) is 0. The summed E-state index contributed by atoms with van der Waals surface area (Å²) >= 11 is 0. The molecule has 0 aromatic rings. The predicted octanol–water partition coefficient (Wildman–Crippen LogP) is 2.98. The van der Waals surface area contributed by atoms with Gasteiger partial charge in [0.15, 0.2) is 0 Å². The number of ether oxygens (including phenoxy) is 5. The topological polar surface area (TPSA) is 101 Å². The molecule has 1 spiro atoms. The Morgan fingerprint density at radius 2 is 1.69 bits per heavy atom. The molecule has 0 radical (unpaired) electrons. The van der Waals surface area contributed by atoms with Crippen LogP contribution >= 0.6 is 0 Å². The maximum Gasteiger partial charge on any atom is 0.331 e. The van der Waals surface area contributed by atoms with Gasteiger partial charge in [0.05, 0.1) is 32.0 Å². The number of carbonyl (C=O) groups excluding carboxylic acids is 3. The smallest absolute Gasteiger partial charge is 0.331 e. The van der Waals surface area contributed by atoms with Gasteiger partial charge in [-0.05, 0) is 20.3 Å². The molecule has 35 heavy (non-hydrogen) atoms. The molecule has 7 atom stereocenters. The third-order valence-corrected chi connectivity index (χ3v) is 8.27. The van der Waals surface area contributed by atoms with Crippen molar-refractivity contribution in [2.75, 3.05) is 19.8 Å². The molecule has 2 bridgehead atoms. The van der Waals surface area contributed by atoms with E-state index in [4.69, 9.17) is 23.7 Å². The summed E-state index contributed by atoms with van der Waals surface area (Å²) in [6.07, 6.45) is 10.1. The fraction of sp³-hybridized carbons (Fsp3) is 0.593. The van der Waals surface area contributed by atoms with E-state index >= 15 is 0 Å². The number of epoxide rings is 1. The Balaban J connectivity index is 1.47. The number of allylic oxidation sites excluding steroid dienone is 3. The Hall–Kier alpha value is -2.71. The highest BCUT2D eigenvalue weighted by atomic mass is 16.6. The molecule has 3 fully saturated rings. The standard InChI is InChI=1S/C27H32O8/c1-16-8-9-31-22(28)6-4-5-7-23(29)35-20-13-21-27(15-33-27)26(20,3)25-18(14-32-24(30)12-16)10-17(2)11-19(25)34-21/h4-7,11-12,18-21,25H,8-10,13-15H2,1-3H3/b6-4+,7-5-,16-12+/t18?,19?,20?,21-,25?,26-,27?/m0/s1. The molecule has 5 aliphatic rings. The van der Waals surface area contributed by atoms with Crippen molar-refractivity contribution < 1.29 is 38.1 Å². The van der Waals surface area contributed by atoms with E-state index in [0.717, 1.165) is 12.0 Å². The minimum Gasteiger partial charge on any atom is -0.462 e. The minimum atomic E-state index is -0.531. The fourth-order valence-electron chi connectivity index (χ4n) is 6.54. The minimum absolute atomic E-state index is 0.00417. The zero-order chi connectivity index (χ0) is 24.8. The molecule has 0 aromatic carbocycles. The second kappa shape index (κ2) is 9.06. The summed E-state index contributed by atoms with van der Waals surface area (Å²) in [5.74, 6) is -1.49. The second-order valence-electron chi connectivity index (χ2n) is 10.5. The fourth-order valence-corrected chi connectivity index (χ4v) is 6.54. The number of carbonyl (C=O) groups is 3. The number of esters is 3. The van der Waals surface area contributed by atoms with E-state index in [9.17, 15) is 14.4 Å². The summed E-state index contributed by atoms with van der Waals surface area (Å²) in [7, 11) is 0. The maximum atomic E-state index is 12.7. The lowest BCUT2D eigenvalue weighted by molar-refractivity contribution is -0.187. The van der Waals surface area contributed by atoms with Crippen molar-refractivity contribution >= 4 is 17.9 Å². The second-order valence-corrected chi connectivity index (χ2v) is 10.5. The third kappa shape index (κ3) is 4.27. The average Bonchev–Trinajstić information content (AvgIpc) is 3.57. The average molecular weight is 485 g/mol. The first-order valence-electron chi connectivity index (χ1n) is 12.3. The van der Waals surface area contributed by atoms with E-state index in [-0.39, 0.29) is 37.3 Å². The van der Waals surface area contributed by atoms with Crippen molar-refractivity contribution in [1.29, 1.82) is 0 Å². The summed E-state index contributed by atoms with van der Waals surface area (Å²) < 4.78 is 29.4. The van der Waals surface area contributed by atoms with Crippen LogP contribution in [0, 0.1) is 17.3 Å². The summed E-state index contributed by atoms with van der Waals surface area (Å²) in [6.45, 7) is 6.93. The first-order valence-corrected chi connectivity index (χ1v) is 12.3. The number of rotatable bonds is 0. The van der Waals surface area contributed by atoms with Gasteiger partial charge in [0, 0.05) is 48.3 Å². The van der Waals surface area contributed by atoms with Gasteiger partial charge < -0.3 is 23.7 Å². The molecule has 0 amide bonds. The van der Waals surface area contributed by atoms with Crippen LogP contribution in [0.25, 0.3) is 0 Å². The van der Waals surface area contributed by atoms with Crippen LogP contribution in [0.15, 0.2) is 47.6 Å². The highest BCUT2D eigenvalue weighted by molar-refractivity contribution is 5.85. The first-order chi connectivity index (χ1) is 16.7. The van der Waals surface area contributed by atoms with Crippen LogP contribution in [0.2, 0.25) is 0 Å². The Kier molecular flexibility index (Phi) is 6.21. The number of cyclic esters (lactones) is 2. The van der Waals surface area contributed by atoms with Gasteiger partial charge in [0.25, 0.3) is 0 Å². The van der Waals surface area contributed by atoms with E-state index in [1.165, 1.54) is 36.0 Å². The van der Waals surface area contributed by atoms with E-state index in [2.05, 4.69) is 19.9 Å². The summed E-state index contributed by atoms with van der Waals surface area (Å²) in [5.41, 5.74) is 0.965. The van der Waals surface area contributed by atoms with Gasteiger partial charge in [-0.3, -0.25) is 0 Å². The molecule has 3 heterocycles. The first kappa shape index (κ1) is 24.0. The van der Waals surface area contributed by atoms with Crippen LogP contribution in [0.5, 0.6) is 0 Å². The zero-order valence-corrected chi connectivity index (χ0v) is 20.4. The van der Waals surface area contributed by atoms with Gasteiger partial charge in [-0.15, -0.1) is 0 Å². The zero-order valence-electron chi connectivity index (χ0n) is 20.4. The van der Waals surface area contributed by atoms with Crippen molar-refractivity contribution in [3.63, 3.8) is 0 Å². The van der Waals surface area contributed by atoms with Crippen LogP contribution in [0.1, 0.15) is 40.0 Å². The Morgan fingerprint density at radius 3 is 2.43 bits per heavy atom. The molecular formula is C27H32O8. The van der Waals surface area contributed by atoms with Crippen molar-refractivity contribution in [3.8, 4) is 0 Å². The van der Waals surface area contributed by atoms with Crippen molar-refractivity contribution in [1.82, 2.24) is 0 Å². The van der Waals surface area contributed by atoms with Gasteiger partial charge in [0.1, 0.15) is 11.7 Å². The molecule has 5 rings (SSSR count). The molecule has 2 saturated heterocycles. The SMILES string of the molecule is CC1=CC2O[C@H]3CC4OC(=O)/C=C\C=C\C(=O)OCC/C(C)=C/C(=O)OCC(C1)C2[C@@]4(C)C31CO1. The molecule has 8 heteroatoms. The Morgan fingerprint density at radius 1 is 0.943 bits per heavy atom. The van der Waals surface area contributed by atoms with Gasteiger partial charge in [-0.25, -0.2) is 14.4 Å². The van der Waals surface area contributed by atoms with E-state index in [1.807, 2.05) is 0 Å². The van der Waals surface area contributed by atoms with Gasteiger partial charge in [-0.1, -0.05) is 36.3 Å². The van der Waals surface area contributed by atoms with Gasteiger partial charge in [0.2, 0.25) is 0 Å². The molecule has 3 aliphatic heterocycles. The molecule has 0 N–H and O–H groups in total. The Labute approximate surface area is 204 Å². The largest absolute Gasteiger partial charge is 0.462 e. The lowest BCUT2D eigenvalue weighted by Gasteiger charge is -2.52. The normalized spacial score (nSPS) is 44.9. The van der Waals surface area contributed by atoms with E-state index in [1.54, 1.807) is 6.92 Å². The van der Waals surface area contributed by atoms with E-state index in [0.29, 0.717) is 19.4 Å². The van der Waals surface area contributed by atoms with Crippen LogP contribution in [0.4, 0.5) is 0 Å². The van der Waals surface area contributed by atoms with E-state index < -0.39 is 35.0 Å². The highest BCUT2D eigenvalue weighted by Crippen LogP contribution is 2.68. The van der Waals surface area contributed by atoms with Crippen LogP contribution in [0.3, 0.4) is 0 Å². The van der Waals surface area contributed by atoms with Crippen LogP contribution < -0.4 is 0 Å². The van der Waals surface area contributed by atoms with Gasteiger partial charge >= 0.3 is 17.9 Å². The van der Waals surface area contributed by atoms with Crippen molar-refractivity contribution in [2.45, 2.75) is 63.9 Å². The van der Waals surface area contributed by atoms with Crippen molar-refractivity contribution in [2.24, 2.45) is 17.3 Å². The van der Waals surface area contributed by atoms with Crippen molar-refractivity contribution in [3.05, 3.63) is 47.6 Å². The molecule has 1 saturated carbocycles. The monoisotopic (exact) mass is 484 g/mol. The summed E-state index contributed by atoms with van der Waals surface area (Å²) in [4.78, 5) is 37.1. The van der Waals surface area contributed by atoms with Gasteiger partial charge in [-0.2, -0.15) is 0 Å². The number of hydrogen-bond acceptors (Lipinski definition) is 8. The predicted molar refractivity (Wildman–Crippen MR) is 124 cm³/mol. The Bertz CT molecular complexity index is 1030. The highest BCUT2D eigenvalue weighted by Gasteiger charge is 2.79. The molecule has 5 unspecified atom stereocenters. The number of hydrogen-bond donors (Lipinski definition) is 0. The lowest BCUT2D eigenvalue weighted by atomic mass is 9.57. The maximum absolute atomic E-state index is 12.7. The molecule has 2 aliphatic carbocycles. The molecule has 8 nitrogen and oxygen atoms in total. The molecular weight excluding hydrogens is 452 g/mol. The molecule has 0 aromatic heterocycles. The quantitative estimate of drug-likeness (QED) is 0.224. The molecule has 188 valence electrons. The van der Waals surface area contributed by atoms with Crippen LogP contribution in [-0.2, 0) is 38.1 Å². The third-order valence-electron chi connectivity index (χ3n) is 8.27. The lowest BCUT2D eigenvalue weighted by Crippen LogP contribution is -2.60. The van der Waals surface area contributed by atoms with Crippen LogP contribution in [-0.4, -0.2) is 61.6 Å².